The molecule has 1 rings (SSSR count). The highest BCUT2D eigenvalue weighted by Gasteiger charge is 2.10. The molecule has 76 valence electrons. The summed E-state index contributed by atoms with van der Waals surface area (Å²) in [6.07, 6.45) is 0.867. The van der Waals surface area contributed by atoms with Crippen LogP contribution in [0, 0.1) is 13.8 Å². The summed E-state index contributed by atoms with van der Waals surface area (Å²) in [6, 6.07) is 6.39. The molecule has 0 aromatic heterocycles. The van der Waals surface area contributed by atoms with Gasteiger partial charge in [-0.05, 0) is 43.9 Å². The van der Waals surface area contributed by atoms with Crippen LogP contribution in [0.1, 0.15) is 36.1 Å². The average Bonchev–Trinajstić information content (AvgIpc) is 2.01. The van der Waals surface area contributed by atoms with Gasteiger partial charge in [-0.2, -0.15) is 0 Å². The fraction of sp³-hybridized carbons (Fsp3) is 0.385. The Kier molecular flexibility index (Phi) is 3.48. The van der Waals surface area contributed by atoms with Crippen LogP contribution in [0.25, 0.3) is 0 Å². The number of rotatable bonds is 3. The van der Waals surface area contributed by atoms with Gasteiger partial charge in [-0.3, -0.25) is 0 Å². The molecule has 14 heavy (non-hydrogen) atoms. The lowest BCUT2D eigenvalue weighted by atomic mass is 9.93. The monoisotopic (exact) mass is 189 g/mol. The van der Waals surface area contributed by atoms with Gasteiger partial charge in [-0.25, -0.2) is 0 Å². The van der Waals surface area contributed by atoms with E-state index < -0.39 is 0 Å². The van der Waals surface area contributed by atoms with Gasteiger partial charge < -0.3 is 5.73 Å². The fourth-order valence-corrected chi connectivity index (χ4v) is 1.89. The molecule has 0 amide bonds. The van der Waals surface area contributed by atoms with Gasteiger partial charge in [0.2, 0.25) is 0 Å². The number of benzene rings is 1. The van der Waals surface area contributed by atoms with Crippen molar-refractivity contribution in [3.63, 3.8) is 0 Å². The van der Waals surface area contributed by atoms with Crippen molar-refractivity contribution in [1.29, 1.82) is 0 Å². The zero-order valence-corrected chi connectivity index (χ0v) is 9.30. The number of aryl methyl sites for hydroxylation is 2. The Hall–Kier alpha value is -1.08. The van der Waals surface area contributed by atoms with E-state index in [0.717, 1.165) is 12.0 Å². The summed E-state index contributed by atoms with van der Waals surface area (Å²) in [7, 11) is 0. The molecule has 2 N–H and O–H groups in total. The molecule has 0 bridgehead atoms. The van der Waals surface area contributed by atoms with Crippen LogP contribution in [0.5, 0.6) is 0 Å². The lowest BCUT2D eigenvalue weighted by Gasteiger charge is -2.17. The molecule has 0 fully saturated rings. The second-order valence-corrected chi connectivity index (χ2v) is 4.07. The number of hydrogen-bond donors (Lipinski definition) is 1. The molecule has 0 spiro atoms. The molecule has 1 aromatic carbocycles. The summed E-state index contributed by atoms with van der Waals surface area (Å²) in [5.41, 5.74) is 11.1. The highest BCUT2D eigenvalue weighted by molar-refractivity contribution is 5.36. The van der Waals surface area contributed by atoms with Crippen molar-refractivity contribution in [2.24, 2.45) is 5.73 Å². The molecule has 1 atom stereocenters. The zero-order valence-electron chi connectivity index (χ0n) is 9.30. The van der Waals surface area contributed by atoms with Gasteiger partial charge in [-0.1, -0.05) is 23.8 Å². The van der Waals surface area contributed by atoms with E-state index in [9.17, 15) is 0 Å². The van der Waals surface area contributed by atoms with Gasteiger partial charge in [0.1, 0.15) is 0 Å². The van der Waals surface area contributed by atoms with E-state index in [1.165, 1.54) is 16.7 Å². The molecule has 1 heteroatoms. The maximum absolute atomic E-state index is 6.14. The van der Waals surface area contributed by atoms with Crippen molar-refractivity contribution in [3.05, 3.63) is 47.0 Å². The summed E-state index contributed by atoms with van der Waals surface area (Å²) < 4.78 is 0. The molecule has 0 saturated carbocycles. The van der Waals surface area contributed by atoms with Crippen molar-refractivity contribution in [3.8, 4) is 0 Å². The lowest BCUT2D eigenvalue weighted by Crippen LogP contribution is -2.13. The largest absolute Gasteiger partial charge is 0.324 e. The quantitative estimate of drug-likeness (QED) is 0.726. The standard InChI is InChI=1S/C13H19N/c1-9(2)8-12(14)13-10(3)6-5-7-11(13)4/h5-7,12H,1,8,14H2,2-4H3/t12-/m0/s1. The van der Waals surface area contributed by atoms with E-state index >= 15 is 0 Å². The zero-order chi connectivity index (χ0) is 10.7. The van der Waals surface area contributed by atoms with Gasteiger partial charge in [0.25, 0.3) is 0 Å². The minimum absolute atomic E-state index is 0.0914. The van der Waals surface area contributed by atoms with Crippen LogP contribution in [-0.2, 0) is 0 Å². The topological polar surface area (TPSA) is 26.0 Å². The third kappa shape index (κ3) is 2.46. The van der Waals surface area contributed by atoms with Crippen LogP contribution >= 0.6 is 0 Å². The summed E-state index contributed by atoms with van der Waals surface area (Å²) in [5.74, 6) is 0. The van der Waals surface area contributed by atoms with E-state index in [4.69, 9.17) is 5.73 Å². The Labute approximate surface area is 86.6 Å². The van der Waals surface area contributed by atoms with Crippen LogP contribution in [0.2, 0.25) is 0 Å². The highest BCUT2D eigenvalue weighted by Crippen LogP contribution is 2.24. The first-order chi connectivity index (χ1) is 6.52. The Morgan fingerprint density at radius 2 is 1.86 bits per heavy atom. The molecular weight excluding hydrogens is 170 g/mol. The van der Waals surface area contributed by atoms with E-state index in [2.05, 4.69) is 38.6 Å². The highest BCUT2D eigenvalue weighted by atomic mass is 14.6. The summed E-state index contributed by atoms with van der Waals surface area (Å²) in [6.45, 7) is 10.1. The molecule has 0 heterocycles. The van der Waals surface area contributed by atoms with Crippen molar-refractivity contribution < 1.29 is 0 Å². The average molecular weight is 189 g/mol. The Morgan fingerprint density at radius 3 is 2.29 bits per heavy atom. The molecule has 0 aliphatic heterocycles. The van der Waals surface area contributed by atoms with E-state index in [0.29, 0.717) is 0 Å². The van der Waals surface area contributed by atoms with E-state index in [1.54, 1.807) is 0 Å². The van der Waals surface area contributed by atoms with E-state index in [1.807, 2.05) is 6.92 Å². The second kappa shape index (κ2) is 4.43. The lowest BCUT2D eigenvalue weighted by molar-refractivity contribution is 0.707. The summed E-state index contributed by atoms with van der Waals surface area (Å²) >= 11 is 0. The molecule has 0 aliphatic carbocycles. The minimum atomic E-state index is 0.0914. The molecule has 1 nitrogen and oxygen atoms in total. The SMILES string of the molecule is C=C(C)C[C@H](N)c1c(C)cccc1C. The van der Waals surface area contributed by atoms with Crippen molar-refractivity contribution in [2.75, 3.05) is 0 Å². The smallest absolute Gasteiger partial charge is 0.0337 e. The number of hydrogen-bond acceptors (Lipinski definition) is 1. The van der Waals surface area contributed by atoms with Crippen LogP contribution in [-0.4, -0.2) is 0 Å². The molecule has 0 unspecified atom stereocenters. The molecule has 1 aromatic rings. The van der Waals surface area contributed by atoms with Crippen LogP contribution < -0.4 is 5.73 Å². The van der Waals surface area contributed by atoms with E-state index in [-0.39, 0.29) is 6.04 Å². The molecule has 0 saturated heterocycles. The maximum Gasteiger partial charge on any atom is 0.0337 e. The Balaban J connectivity index is 2.99. The Morgan fingerprint density at radius 1 is 1.36 bits per heavy atom. The first kappa shape index (κ1) is 11.0. The normalized spacial score (nSPS) is 12.6. The minimum Gasteiger partial charge on any atom is -0.324 e. The van der Waals surface area contributed by atoms with Gasteiger partial charge in [-0.15, -0.1) is 6.58 Å². The van der Waals surface area contributed by atoms with Crippen LogP contribution in [0.4, 0.5) is 0 Å². The summed E-state index contributed by atoms with van der Waals surface area (Å²) in [5, 5.41) is 0. The van der Waals surface area contributed by atoms with Gasteiger partial charge in [0.05, 0.1) is 0 Å². The van der Waals surface area contributed by atoms with Gasteiger partial charge >= 0.3 is 0 Å². The first-order valence-corrected chi connectivity index (χ1v) is 4.98. The van der Waals surface area contributed by atoms with Crippen molar-refractivity contribution >= 4 is 0 Å². The van der Waals surface area contributed by atoms with Crippen molar-refractivity contribution in [2.45, 2.75) is 33.2 Å². The van der Waals surface area contributed by atoms with Crippen LogP contribution in [0.15, 0.2) is 30.4 Å². The maximum atomic E-state index is 6.14. The Bertz CT molecular complexity index is 319. The molecular formula is C13H19N. The van der Waals surface area contributed by atoms with Crippen molar-refractivity contribution in [1.82, 2.24) is 0 Å². The predicted molar refractivity (Wildman–Crippen MR) is 62.3 cm³/mol. The second-order valence-electron chi connectivity index (χ2n) is 4.07. The summed E-state index contributed by atoms with van der Waals surface area (Å²) in [4.78, 5) is 0. The predicted octanol–water partition coefficient (Wildman–Crippen LogP) is 3.27. The van der Waals surface area contributed by atoms with Gasteiger partial charge in [0, 0.05) is 6.04 Å². The first-order valence-electron chi connectivity index (χ1n) is 4.98. The molecule has 0 aliphatic rings. The van der Waals surface area contributed by atoms with Gasteiger partial charge in [0.15, 0.2) is 0 Å². The molecule has 0 radical (unpaired) electrons. The van der Waals surface area contributed by atoms with Crippen LogP contribution in [0.3, 0.4) is 0 Å². The third-order valence-electron chi connectivity index (χ3n) is 2.48. The fourth-order valence-electron chi connectivity index (χ4n) is 1.89. The third-order valence-corrected chi connectivity index (χ3v) is 2.48. The number of nitrogens with two attached hydrogens (primary N) is 1.